The molecular weight excluding hydrogens is 178 g/mol. The van der Waals surface area contributed by atoms with Gasteiger partial charge in [-0.15, -0.1) is 0 Å². The maximum atomic E-state index is 11.2. The Labute approximate surface area is 84.0 Å². The predicted octanol–water partition coefficient (Wildman–Crippen LogP) is 2.09. The molecule has 0 amide bonds. The highest BCUT2D eigenvalue weighted by molar-refractivity contribution is 5.27. The second kappa shape index (κ2) is 4.31. The SMILES string of the molecule is CCc1c(O)c(=O)ccn1C(C)CC. The van der Waals surface area contributed by atoms with Crippen molar-refractivity contribution in [1.29, 1.82) is 0 Å². The molecule has 0 spiro atoms. The summed E-state index contributed by atoms with van der Waals surface area (Å²) < 4.78 is 1.97. The Morgan fingerprint density at radius 3 is 2.64 bits per heavy atom. The van der Waals surface area contributed by atoms with Crippen molar-refractivity contribution in [2.75, 3.05) is 0 Å². The first kappa shape index (κ1) is 10.8. The molecule has 1 aromatic rings. The van der Waals surface area contributed by atoms with Crippen LogP contribution in [0.1, 0.15) is 38.9 Å². The molecule has 78 valence electrons. The van der Waals surface area contributed by atoms with Gasteiger partial charge in [-0.25, -0.2) is 0 Å². The zero-order chi connectivity index (χ0) is 10.7. The number of rotatable bonds is 3. The molecule has 0 radical (unpaired) electrons. The summed E-state index contributed by atoms with van der Waals surface area (Å²) in [5, 5.41) is 9.59. The molecule has 3 nitrogen and oxygen atoms in total. The molecule has 0 aliphatic carbocycles. The lowest BCUT2D eigenvalue weighted by Gasteiger charge is -2.18. The quantitative estimate of drug-likeness (QED) is 0.802. The lowest BCUT2D eigenvalue weighted by atomic mass is 10.2. The van der Waals surface area contributed by atoms with E-state index in [4.69, 9.17) is 0 Å². The van der Waals surface area contributed by atoms with Crippen LogP contribution in [-0.2, 0) is 6.42 Å². The van der Waals surface area contributed by atoms with Gasteiger partial charge >= 0.3 is 0 Å². The highest BCUT2D eigenvalue weighted by atomic mass is 16.3. The third kappa shape index (κ3) is 1.81. The van der Waals surface area contributed by atoms with Crippen molar-refractivity contribution < 1.29 is 5.11 Å². The first-order valence-corrected chi connectivity index (χ1v) is 5.04. The van der Waals surface area contributed by atoms with Crippen LogP contribution in [0.15, 0.2) is 17.1 Å². The molecule has 3 heteroatoms. The maximum Gasteiger partial charge on any atom is 0.223 e. The average Bonchev–Trinajstić information content (AvgIpc) is 2.20. The van der Waals surface area contributed by atoms with E-state index in [1.54, 1.807) is 6.20 Å². The van der Waals surface area contributed by atoms with Gasteiger partial charge in [0.15, 0.2) is 5.75 Å². The van der Waals surface area contributed by atoms with E-state index in [0.29, 0.717) is 12.5 Å². The van der Waals surface area contributed by atoms with E-state index in [9.17, 15) is 9.90 Å². The van der Waals surface area contributed by atoms with E-state index in [-0.39, 0.29) is 11.2 Å². The molecule has 1 heterocycles. The molecule has 0 saturated heterocycles. The fraction of sp³-hybridized carbons (Fsp3) is 0.545. The fourth-order valence-electron chi connectivity index (χ4n) is 1.54. The van der Waals surface area contributed by atoms with Crippen molar-refractivity contribution in [3.63, 3.8) is 0 Å². The van der Waals surface area contributed by atoms with Gasteiger partial charge in [0.05, 0.1) is 5.69 Å². The van der Waals surface area contributed by atoms with E-state index in [2.05, 4.69) is 13.8 Å². The molecule has 14 heavy (non-hydrogen) atoms. The van der Waals surface area contributed by atoms with Crippen LogP contribution in [0.25, 0.3) is 0 Å². The second-order valence-corrected chi connectivity index (χ2v) is 3.49. The van der Waals surface area contributed by atoms with Crippen LogP contribution >= 0.6 is 0 Å². The molecule has 1 unspecified atom stereocenters. The predicted molar refractivity (Wildman–Crippen MR) is 56.7 cm³/mol. The Kier molecular flexibility index (Phi) is 3.33. The van der Waals surface area contributed by atoms with Crippen LogP contribution in [0.2, 0.25) is 0 Å². The molecule has 1 atom stereocenters. The van der Waals surface area contributed by atoms with Crippen LogP contribution in [0.5, 0.6) is 5.75 Å². The Morgan fingerprint density at radius 2 is 2.14 bits per heavy atom. The Bertz CT molecular complexity index is 368. The third-order valence-electron chi connectivity index (χ3n) is 2.61. The standard InChI is InChI=1S/C11H17NO2/c1-4-8(3)12-7-6-10(13)11(14)9(12)5-2/h6-8,14H,4-5H2,1-3H3. The van der Waals surface area contributed by atoms with E-state index in [1.807, 2.05) is 11.5 Å². The van der Waals surface area contributed by atoms with E-state index < -0.39 is 0 Å². The number of nitrogens with zero attached hydrogens (tertiary/aromatic N) is 1. The Morgan fingerprint density at radius 1 is 1.50 bits per heavy atom. The van der Waals surface area contributed by atoms with Crippen molar-refractivity contribution in [1.82, 2.24) is 4.57 Å². The van der Waals surface area contributed by atoms with E-state index in [0.717, 1.165) is 12.1 Å². The summed E-state index contributed by atoms with van der Waals surface area (Å²) in [6.07, 6.45) is 3.41. The van der Waals surface area contributed by atoms with Gasteiger partial charge in [-0.05, 0) is 19.8 Å². The molecular formula is C11H17NO2. The zero-order valence-electron chi connectivity index (χ0n) is 8.95. The van der Waals surface area contributed by atoms with Gasteiger partial charge in [-0.3, -0.25) is 4.79 Å². The minimum atomic E-state index is -0.290. The Balaban J connectivity index is 3.31. The van der Waals surface area contributed by atoms with Crippen LogP contribution in [0, 0.1) is 0 Å². The first-order valence-electron chi connectivity index (χ1n) is 5.04. The molecule has 1 N–H and O–H groups in total. The monoisotopic (exact) mass is 195 g/mol. The van der Waals surface area contributed by atoms with Gasteiger partial charge in [-0.2, -0.15) is 0 Å². The van der Waals surface area contributed by atoms with E-state index in [1.165, 1.54) is 6.07 Å². The van der Waals surface area contributed by atoms with Crippen LogP contribution in [0.4, 0.5) is 0 Å². The van der Waals surface area contributed by atoms with Crippen molar-refractivity contribution in [3.8, 4) is 5.75 Å². The molecule has 0 aliphatic heterocycles. The maximum absolute atomic E-state index is 11.2. The van der Waals surface area contributed by atoms with Crippen LogP contribution < -0.4 is 5.43 Å². The Hall–Kier alpha value is -1.25. The summed E-state index contributed by atoms with van der Waals surface area (Å²) in [7, 11) is 0. The normalized spacial score (nSPS) is 12.8. The molecule has 0 aliphatic rings. The molecule has 0 fully saturated rings. The molecule has 0 aromatic carbocycles. The number of hydrogen-bond donors (Lipinski definition) is 1. The van der Waals surface area contributed by atoms with E-state index >= 15 is 0 Å². The minimum Gasteiger partial charge on any atom is -0.503 e. The first-order chi connectivity index (χ1) is 6.61. The largest absolute Gasteiger partial charge is 0.503 e. The number of aromatic hydroxyl groups is 1. The van der Waals surface area contributed by atoms with Gasteiger partial charge < -0.3 is 9.67 Å². The van der Waals surface area contributed by atoms with Gasteiger partial charge in [0.1, 0.15) is 0 Å². The van der Waals surface area contributed by atoms with Crippen molar-refractivity contribution in [2.45, 2.75) is 39.7 Å². The van der Waals surface area contributed by atoms with Crippen molar-refractivity contribution in [3.05, 3.63) is 28.2 Å². The molecule has 0 saturated carbocycles. The highest BCUT2D eigenvalue weighted by Gasteiger charge is 2.10. The number of hydrogen-bond acceptors (Lipinski definition) is 2. The summed E-state index contributed by atoms with van der Waals surface area (Å²) >= 11 is 0. The average molecular weight is 195 g/mol. The van der Waals surface area contributed by atoms with Crippen LogP contribution in [-0.4, -0.2) is 9.67 Å². The van der Waals surface area contributed by atoms with Gasteiger partial charge in [0.25, 0.3) is 0 Å². The lowest BCUT2D eigenvalue weighted by molar-refractivity contribution is 0.432. The second-order valence-electron chi connectivity index (χ2n) is 3.49. The summed E-state index contributed by atoms with van der Waals surface area (Å²) in [6.45, 7) is 6.09. The summed E-state index contributed by atoms with van der Waals surface area (Å²) in [5.41, 5.74) is 0.438. The number of pyridine rings is 1. The smallest absolute Gasteiger partial charge is 0.223 e. The van der Waals surface area contributed by atoms with Crippen molar-refractivity contribution in [2.24, 2.45) is 0 Å². The van der Waals surface area contributed by atoms with Gasteiger partial charge in [0, 0.05) is 18.3 Å². The summed E-state index contributed by atoms with van der Waals surface area (Å²) in [6, 6.07) is 1.73. The van der Waals surface area contributed by atoms with Crippen molar-refractivity contribution >= 4 is 0 Å². The molecule has 0 bridgehead atoms. The highest BCUT2D eigenvalue weighted by Crippen LogP contribution is 2.18. The zero-order valence-corrected chi connectivity index (χ0v) is 8.95. The van der Waals surface area contributed by atoms with Crippen LogP contribution in [0.3, 0.4) is 0 Å². The number of aromatic nitrogens is 1. The minimum absolute atomic E-state index is 0.102. The summed E-state index contributed by atoms with van der Waals surface area (Å²) in [4.78, 5) is 11.2. The lowest BCUT2D eigenvalue weighted by Crippen LogP contribution is -2.14. The van der Waals surface area contributed by atoms with Gasteiger partial charge in [0.2, 0.25) is 5.43 Å². The fourth-order valence-corrected chi connectivity index (χ4v) is 1.54. The van der Waals surface area contributed by atoms with Gasteiger partial charge in [-0.1, -0.05) is 13.8 Å². The topological polar surface area (TPSA) is 42.2 Å². The molecule has 1 aromatic heterocycles. The summed E-state index contributed by atoms with van der Waals surface area (Å²) in [5.74, 6) is -0.102. The molecule has 1 rings (SSSR count). The third-order valence-corrected chi connectivity index (χ3v) is 2.61.